The van der Waals surface area contributed by atoms with Crippen LogP contribution in [0.5, 0.6) is 0 Å². The van der Waals surface area contributed by atoms with E-state index in [2.05, 4.69) is 10.6 Å². The second-order valence-corrected chi connectivity index (χ2v) is 5.71. The minimum Gasteiger partial charge on any atom is -0.333 e. The highest BCUT2D eigenvalue weighted by atomic mass is 35.5. The van der Waals surface area contributed by atoms with Gasteiger partial charge < -0.3 is 15.5 Å². The van der Waals surface area contributed by atoms with Crippen molar-refractivity contribution in [2.24, 2.45) is 5.92 Å². The van der Waals surface area contributed by atoms with Crippen LogP contribution in [-0.4, -0.2) is 43.4 Å². The Kier molecular flexibility index (Phi) is 10.6. The summed E-state index contributed by atoms with van der Waals surface area (Å²) in [5, 5.41) is 6.37. The summed E-state index contributed by atoms with van der Waals surface area (Å²) in [6.45, 7) is 5.07. The predicted octanol–water partition coefficient (Wildman–Crippen LogP) is 2.79. The van der Waals surface area contributed by atoms with Crippen molar-refractivity contribution >= 4 is 41.5 Å². The van der Waals surface area contributed by atoms with Crippen LogP contribution in [0.3, 0.4) is 0 Å². The van der Waals surface area contributed by atoms with Gasteiger partial charge in [-0.15, -0.1) is 12.4 Å². The summed E-state index contributed by atoms with van der Waals surface area (Å²) in [5.74, 6) is -0.372. The number of anilines is 1. The van der Waals surface area contributed by atoms with Gasteiger partial charge in [-0.3, -0.25) is 9.59 Å². The number of carbonyl (C=O) groups is 2. The van der Waals surface area contributed by atoms with Crippen LogP contribution in [0.15, 0.2) is 24.3 Å². The predicted molar refractivity (Wildman–Crippen MR) is 97.3 cm³/mol. The van der Waals surface area contributed by atoms with Crippen LogP contribution in [0, 0.1) is 5.92 Å². The molecular formula is C16H25Cl2N3O2. The Morgan fingerprint density at radius 1 is 1.26 bits per heavy atom. The third-order valence-corrected chi connectivity index (χ3v) is 3.45. The normalized spacial score (nSPS) is 11.3. The maximum absolute atomic E-state index is 12.3. The highest BCUT2D eigenvalue weighted by molar-refractivity contribution is 6.30. The van der Waals surface area contributed by atoms with Crippen molar-refractivity contribution in [2.75, 3.05) is 32.0 Å². The number of benzene rings is 1. The molecule has 2 amide bonds. The Bertz CT molecular complexity index is 495. The number of hydrogen-bond acceptors (Lipinski definition) is 3. The van der Waals surface area contributed by atoms with Gasteiger partial charge in [0.15, 0.2) is 0 Å². The molecule has 0 aliphatic carbocycles. The minimum absolute atomic E-state index is 0. The van der Waals surface area contributed by atoms with E-state index in [-0.39, 0.29) is 36.7 Å². The molecule has 1 rings (SSSR count). The van der Waals surface area contributed by atoms with E-state index in [0.29, 0.717) is 23.8 Å². The molecule has 23 heavy (non-hydrogen) atoms. The van der Waals surface area contributed by atoms with Gasteiger partial charge in [0.05, 0.1) is 6.54 Å². The van der Waals surface area contributed by atoms with E-state index in [0.717, 1.165) is 6.42 Å². The van der Waals surface area contributed by atoms with Crippen LogP contribution in [0.1, 0.15) is 20.3 Å². The molecule has 0 aliphatic rings. The first-order valence-corrected chi connectivity index (χ1v) is 7.84. The van der Waals surface area contributed by atoms with Crippen molar-refractivity contribution in [3.63, 3.8) is 0 Å². The summed E-state index contributed by atoms with van der Waals surface area (Å²) in [4.78, 5) is 26.1. The van der Waals surface area contributed by atoms with Crippen LogP contribution < -0.4 is 10.6 Å². The van der Waals surface area contributed by atoms with E-state index in [1.807, 2.05) is 13.8 Å². The van der Waals surface area contributed by atoms with Crippen LogP contribution in [-0.2, 0) is 9.59 Å². The summed E-state index contributed by atoms with van der Waals surface area (Å²) in [6.07, 6.45) is 0.812. The third kappa shape index (κ3) is 7.68. The largest absolute Gasteiger partial charge is 0.333 e. The first-order chi connectivity index (χ1) is 10.5. The zero-order valence-corrected chi connectivity index (χ0v) is 15.3. The summed E-state index contributed by atoms with van der Waals surface area (Å²) < 4.78 is 0. The molecule has 0 aromatic heterocycles. The Balaban J connectivity index is 0.00000484. The van der Waals surface area contributed by atoms with Crippen molar-refractivity contribution < 1.29 is 9.59 Å². The van der Waals surface area contributed by atoms with Crippen molar-refractivity contribution in [2.45, 2.75) is 20.3 Å². The van der Waals surface area contributed by atoms with Crippen LogP contribution >= 0.6 is 24.0 Å². The highest BCUT2D eigenvalue weighted by Crippen LogP contribution is 2.13. The number of halogens is 2. The van der Waals surface area contributed by atoms with Gasteiger partial charge in [0.1, 0.15) is 0 Å². The van der Waals surface area contributed by atoms with Gasteiger partial charge in [-0.1, -0.05) is 25.4 Å². The fourth-order valence-electron chi connectivity index (χ4n) is 2.15. The SMILES string of the molecule is CCCN(CC(=O)Nc1ccc(Cl)cc1)C(=O)C(C)CNC.Cl. The van der Waals surface area contributed by atoms with E-state index < -0.39 is 0 Å². The third-order valence-electron chi connectivity index (χ3n) is 3.20. The lowest BCUT2D eigenvalue weighted by Crippen LogP contribution is -2.43. The molecule has 2 N–H and O–H groups in total. The summed E-state index contributed by atoms with van der Waals surface area (Å²) in [5.41, 5.74) is 0.668. The molecule has 0 saturated carbocycles. The maximum atomic E-state index is 12.3. The molecule has 0 heterocycles. The topological polar surface area (TPSA) is 61.4 Å². The summed E-state index contributed by atoms with van der Waals surface area (Å²) >= 11 is 5.81. The number of rotatable bonds is 8. The monoisotopic (exact) mass is 361 g/mol. The molecule has 0 spiro atoms. The number of carbonyl (C=O) groups excluding carboxylic acids is 2. The van der Waals surface area contributed by atoms with Crippen LogP contribution in [0.25, 0.3) is 0 Å². The van der Waals surface area contributed by atoms with Gasteiger partial charge in [0, 0.05) is 29.7 Å². The Labute approximate surface area is 149 Å². The second-order valence-electron chi connectivity index (χ2n) is 5.27. The average Bonchev–Trinajstić information content (AvgIpc) is 2.48. The van der Waals surface area contributed by atoms with Crippen LogP contribution in [0.4, 0.5) is 5.69 Å². The number of amides is 2. The standard InChI is InChI=1S/C16H24ClN3O2.ClH/c1-4-9-20(16(22)12(2)10-18-3)11-15(21)19-14-7-5-13(17)6-8-14;/h5-8,12,18H,4,9-11H2,1-3H3,(H,19,21);1H. The van der Waals surface area contributed by atoms with Crippen molar-refractivity contribution in [1.82, 2.24) is 10.2 Å². The molecule has 0 saturated heterocycles. The molecule has 1 unspecified atom stereocenters. The van der Waals surface area contributed by atoms with E-state index >= 15 is 0 Å². The van der Waals surface area contributed by atoms with Gasteiger partial charge in [0.25, 0.3) is 0 Å². The van der Waals surface area contributed by atoms with E-state index in [1.165, 1.54) is 0 Å². The van der Waals surface area contributed by atoms with Gasteiger partial charge in [-0.05, 0) is 37.7 Å². The lowest BCUT2D eigenvalue weighted by molar-refractivity contribution is -0.137. The quantitative estimate of drug-likeness (QED) is 0.748. The zero-order chi connectivity index (χ0) is 16.5. The molecule has 1 aromatic rings. The van der Waals surface area contributed by atoms with Crippen molar-refractivity contribution in [3.8, 4) is 0 Å². The fourth-order valence-corrected chi connectivity index (χ4v) is 2.28. The molecule has 1 aromatic carbocycles. The summed E-state index contributed by atoms with van der Waals surface area (Å²) in [6, 6.07) is 6.88. The fraction of sp³-hybridized carbons (Fsp3) is 0.500. The van der Waals surface area contributed by atoms with Crippen LogP contribution in [0.2, 0.25) is 5.02 Å². The number of nitrogens with one attached hydrogen (secondary N) is 2. The maximum Gasteiger partial charge on any atom is 0.243 e. The van der Waals surface area contributed by atoms with Gasteiger partial charge in [-0.2, -0.15) is 0 Å². The van der Waals surface area contributed by atoms with Gasteiger partial charge in [0.2, 0.25) is 11.8 Å². The Hall–Kier alpha value is -1.30. The lowest BCUT2D eigenvalue weighted by Gasteiger charge is -2.25. The van der Waals surface area contributed by atoms with Crippen molar-refractivity contribution in [3.05, 3.63) is 29.3 Å². The molecule has 5 nitrogen and oxygen atoms in total. The molecule has 7 heteroatoms. The van der Waals surface area contributed by atoms with Crippen molar-refractivity contribution in [1.29, 1.82) is 0 Å². The van der Waals surface area contributed by atoms with E-state index in [1.54, 1.807) is 36.2 Å². The highest BCUT2D eigenvalue weighted by Gasteiger charge is 2.21. The molecule has 130 valence electrons. The molecular weight excluding hydrogens is 337 g/mol. The first kappa shape index (κ1) is 21.7. The van der Waals surface area contributed by atoms with E-state index in [9.17, 15) is 9.59 Å². The lowest BCUT2D eigenvalue weighted by atomic mass is 10.1. The van der Waals surface area contributed by atoms with E-state index in [4.69, 9.17) is 11.6 Å². The molecule has 0 fully saturated rings. The smallest absolute Gasteiger partial charge is 0.243 e. The molecule has 0 bridgehead atoms. The zero-order valence-electron chi connectivity index (χ0n) is 13.8. The minimum atomic E-state index is -0.208. The first-order valence-electron chi connectivity index (χ1n) is 7.46. The molecule has 0 aliphatic heterocycles. The summed E-state index contributed by atoms with van der Waals surface area (Å²) in [7, 11) is 1.81. The molecule has 0 radical (unpaired) electrons. The number of nitrogens with zero attached hydrogens (tertiary/aromatic N) is 1. The van der Waals surface area contributed by atoms with Gasteiger partial charge in [-0.25, -0.2) is 0 Å². The Morgan fingerprint density at radius 3 is 2.39 bits per heavy atom. The van der Waals surface area contributed by atoms with Gasteiger partial charge >= 0.3 is 0 Å². The molecule has 1 atom stereocenters. The second kappa shape index (κ2) is 11.3. The Morgan fingerprint density at radius 2 is 1.87 bits per heavy atom. The average molecular weight is 362 g/mol. The number of hydrogen-bond donors (Lipinski definition) is 2.